The van der Waals surface area contributed by atoms with Crippen molar-refractivity contribution in [3.63, 3.8) is 0 Å². The van der Waals surface area contributed by atoms with Gasteiger partial charge >= 0.3 is 6.09 Å². The summed E-state index contributed by atoms with van der Waals surface area (Å²) >= 11 is 0. The molecule has 112 valence electrons. The van der Waals surface area contributed by atoms with Crippen LogP contribution in [0.2, 0.25) is 0 Å². The molecule has 1 atom stereocenters. The Balaban J connectivity index is 0.00000200. The van der Waals surface area contributed by atoms with Crippen LogP contribution in [0.1, 0.15) is 39.3 Å². The highest BCUT2D eigenvalue weighted by Gasteiger charge is 2.39. The summed E-state index contributed by atoms with van der Waals surface area (Å²) in [5.41, 5.74) is 0.822. The molecule has 0 saturated carbocycles. The fourth-order valence-corrected chi connectivity index (χ4v) is 2.27. The van der Waals surface area contributed by atoms with E-state index in [4.69, 9.17) is 9.47 Å². The van der Waals surface area contributed by atoms with Gasteiger partial charge < -0.3 is 14.8 Å². The van der Waals surface area contributed by atoms with Crippen molar-refractivity contribution in [2.24, 2.45) is 5.41 Å². The molecule has 1 saturated heterocycles. The number of para-hydroxylation sites is 1. The number of hydrogen-bond acceptors (Lipinski definition) is 3. The first-order valence-electron chi connectivity index (χ1n) is 6.59. The first-order chi connectivity index (χ1) is 8.90. The molecule has 1 aromatic carbocycles. The third-order valence-corrected chi connectivity index (χ3v) is 3.21. The van der Waals surface area contributed by atoms with E-state index in [1.807, 2.05) is 38.1 Å². The molecule has 0 unspecified atom stereocenters. The summed E-state index contributed by atoms with van der Waals surface area (Å²) < 4.78 is 10.9. The fourth-order valence-electron chi connectivity index (χ4n) is 2.27. The summed E-state index contributed by atoms with van der Waals surface area (Å²) in [6.45, 7) is 8.53. The molecule has 1 amide bonds. The van der Waals surface area contributed by atoms with Crippen LogP contribution in [0.25, 0.3) is 0 Å². The van der Waals surface area contributed by atoms with Crippen LogP contribution in [0.15, 0.2) is 24.3 Å². The summed E-state index contributed by atoms with van der Waals surface area (Å²) in [6, 6.07) is 7.72. The minimum Gasteiger partial charge on any atom is -0.491 e. The van der Waals surface area contributed by atoms with Crippen LogP contribution < -0.4 is 10.1 Å². The zero-order valence-electron chi connectivity index (χ0n) is 12.3. The van der Waals surface area contributed by atoms with Crippen LogP contribution in [0.3, 0.4) is 0 Å². The Hall–Kier alpha value is -1.42. The van der Waals surface area contributed by atoms with Crippen molar-refractivity contribution >= 4 is 18.5 Å². The maximum Gasteiger partial charge on any atom is 0.407 e. The number of carbonyl (C=O) groups is 1. The molecule has 1 aromatic rings. The average Bonchev–Trinajstić information content (AvgIpc) is 2.33. The number of alkyl carbamates (subject to hydrolysis) is 1. The lowest BCUT2D eigenvalue weighted by Crippen LogP contribution is -2.47. The SMILES string of the molecule is CC(C)Oc1ccccc1[C@@H]1NC(=O)OCC1(C)C.Cl. The van der Waals surface area contributed by atoms with Crippen molar-refractivity contribution < 1.29 is 14.3 Å². The van der Waals surface area contributed by atoms with Crippen LogP contribution >= 0.6 is 12.4 Å². The zero-order valence-corrected chi connectivity index (χ0v) is 13.1. The lowest BCUT2D eigenvalue weighted by molar-refractivity contribution is 0.0376. The van der Waals surface area contributed by atoms with Gasteiger partial charge in [-0.1, -0.05) is 32.0 Å². The van der Waals surface area contributed by atoms with E-state index >= 15 is 0 Å². The van der Waals surface area contributed by atoms with Gasteiger partial charge in [0.1, 0.15) is 12.4 Å². The molecule has 1 fully saturated rings. The number of rotatable bonds is 3. The largest absolute Gasteiger partial charge is 0.491 e. The number of ether oxygens (including phenoxy) is 2. The maximum atomic E-state index is 11.5. The van der Waals surface area contributed by atoms with Gasteiger partial charge in [-0.15, -0.1) is 12.4 Å². The molecule has 20 heavy (non-hydrogen) atoms. The molecule has 1 aliphatic heterocycles. The molecule has 0 bridgehead atoms. The van der Waals surface area contributed by atoms with E-state index in [9.17, 15) is 4.79 Å². The summed E-state index contributed by atoms with van der Waals surface area (Å²) in [4.78, 5) is 11.5. The molecule has 2 rings (SSSR count). The smallest absolute Gasteiger partial charge is 0.407 e. The second kappa shape index (κ2) is 6.35. The van der Waals surface area contributed by atoms with Gasteiger partial charge in [0.15, 0.2) is 0 Å². The third kappa shape index (κ3) is 3.57. The topological polar surface area (TPSA) is 47.6 Å². The number of carbonyl (C=O) groups excluding carboxylic acids is 1. The number of hydrogen-bond donors (Lipinski definition) is 1. The van der Waals surface area contributed by atoms with E-state index in [1.165, 1.54) is 0 Å². The third-order valence-electron chi connectivity index (χ3n) is 3.21. The molecule has 1 N–H and O–H groups in total. The Labute approximate surface area is 126 Å². The van der Waals surface area contributed by atoms with Crippen molar-refractivity contribution in [3.05, 3.63) is 29.8 Å². The number of cyclic esters (lactones) is 1. The van der Waals surface area contributed by atoms with Crippen LogP contribution in [0.4, 0.5) is 4.79 Å². The normalized spacial score (nSPS) is 20.6. The monoisotopic (exact) mass is 299 g/mol. The zero-order chi connectivity index (χ0) is 14.0. The Morgan fingerprint density at radius 1 is 1.35 bits per heavy atom. The summed E-state index contributed by atoms with van der Waals surface area (Å²) in [5.74, 6) is 0.817. The van der Waals surface area contributed by atoms with E-state index < -0.39 is 0 Å². The predicted octanol–water partition coefficient (Wildman–Crippen LogP) is 3.70. The van der Waals surface area contributed by atoms with E-state index in [-0.39, 0.29) is 36.1 Å². The summed E-state index contributed by atoms with van der Waals surface area (Å²) in [5, 5.41) is 2.90. The van der Waals surface area contributed by atoms with Crippen molar-refractivity contribution in [1.29, 1.82) is 0 Å². The quantitative estimate of drug-likeness (QED) is 0.925. The van der Waals surface area contributed by atoms with Crippen LogP contribution in [-0.2, 0) is 4.74 Å². The summed E-state index contributed by atoms with van der Waals surface area (Å²) in [7, 11) is 0. The van der Waals surface area contributed by atoms with Gasteiger partial charge in [-0.3, -0.25) is 0 Å². The Morgan fingerprint density at radius 3 is 2.65 bits per heavy atom. The lowest BCUT2D eigenvalue weighted by atomic mass is 9.80. The van der Waals surface area contributed by atoms with Gasteiger partial charge in [0, 0.05) is 11.0 Å². The van der Waals surface area contributed by atoms with Gasteiger partial charge in [0.05, 0.1) is 12.1 Å². The minimum absolute atomic E-state index is 0. The van der Waals surface area contributed by atoms with Crippen molar-refractivity contribution in [2.75, 3.05) is 6.61 Å². The van der Waals surface area contributed by atoms with Crippen molar-refractivity contribution in [2.45, 2.75) is 39.8 Å². The molecule has 1 aliphatic rings. The van der Waals surface area contributed by atoms with Gasteiger partial charge in [0.2, 0.25) is 0 Å². The molecule has 0 spiro atoms. The predicted molar refractivity (Wildman–Crippen MR) is 80.5 cm³/mol. The molecule has 0 aromatic heterocycles. The second-order valence-electron chi connectivity index (χ2n) is 5.85. The average molecular weight is 300 g/mol. The first-order valence-corrected chi connectivity index (χ1v) is 6.59. The maximum absolute atomic E-state index is 11.5. The Kier molecular flexibility index (Phi) is 5.28. The van der Waals surface area contributed by atoms with Crippen molar-refractivity contribution in [3.8, 4) is 5.75 Å². The molecular weight excluding hydrogens is 278 g/mol. The van der Waals surface area contributed by atoms with Gasteiger partial charge in [-0.25, -0.2) is 4.79 Å². The highest BCUT2D eigenvalue weighted by atomic mass is 35.5. The second-order valence-corrected chi connectivity index (χ2v) is 5.85. The highest BCUT2D eigenvalue weighted by molar-refractivity contribution is 5.85. The van der Waals surface area contributed by atoms with Gasteiger partial charge in [0.25, 0.3) is 0 Å². The molecule has 0 aliphatic carbocycles. The minimum atomic E-state index is -0.372. The number of halogens is 1. The van der Waals surface area contributed by atoms with Gasteiger partial charge in [-0.05, 0) is 19.9 Å². The van der Waals surface area contributed by atoms with E-state index in [2.05, 4.69) is 19.2 Å². The molecule has 1 heterocycles. The van der Waals surface area contributed by atoms with Crippen LogP contribution in [0.5, 0.6) is 5.75 Å². The van der Waals surface area contributed by atoms with Crippen molar-refractivity contribution in [1.82, 2.24) is 5.32 Å². The molecule has 5 heteroatoms. The lowest BCUT2D eigenvalue weighted by Gasteiger charge is -2.39. The number of nitrogens with one attached hydrogen (secondary N) is 1. The molecular formula is C15H22ClNO3. The molecule has 4 nitrogen and oxygen atoms in total. The highest BCUT2D eigenvalue weighted by Crippen LogP contribution is 2.40. The van der Waals surface area contributed by atoms with E-state index in [1.54, 1.807) is 0 Å². The van der Waals surface area contributed by atoms with Crippen LogP contribution in [-0.4, -0.2) is 18.8 Å². The van der Waals surface area contributed by atoms with E-state index in [0.717, 1.165) is 11.3 Å². The number of amides is 1. The Morgan fingerprint density at radius 2 is 2.00 bits per heavy atom. The Bertz CT molecular complexity index is 474. The fraction of sp³-hybridized carbons (Fsp3) is 0.533. The van der Waals surface area contributed by atoms with Crippen LogP contribution in [0, 0.1) is 5.41 Å². The number of benzene rings is 1. The molecule has 0 radical (unpaired) electrons. The summed E-state index contributed by atoms with van der Waals surface area (Å²) in [6.07, 6.45) is -0.275. The first kappa shape index (κ1) is 16.6. The van der Waals surface area contributed by atoms with E-state index in [0.29, 0.717) is 6.61 Å². The van der Waals surface area contributed by atoms with Gasteiger partial charge in [-0.2, -0.15) is 0 Å². The standard InChI is InChI=1S/C15H21NO3.ClH/c1-10(2)19-12-8-6-5-7-11(12)13-15(3,4)9-18-14(17)16-13;/h5-8,10,13H,9H2,1-4H3,(H,16,17);1H/t13-;/m0./s1.